The number of fused-ring (bicyclic) bond motifs is 2. The van der Waals surface area contributed by atoms with E-state index >= 15 is 0 Å². The lowest BCUT2D eigenvalue weighted by molar-refractivity contribution is -0.231. The van der Waals surface area contributed by atoms with E-state index in [1.165, 1.54) is 51.4 Å². The first kappa shape index (κ1) is 90.2. The average molecular weight is 1560 g/mol. The number of rotatable bonds is 24. The molecule has 12 bridgehead atoms. The summed E-state index contributed by atoms with van der Waals surface area (Å²) in [6.45, 7) is 46.1. The third kappa shape index (κ3) is 19.8. The van der Waals surface area contributed by atoms with Crippen molar-refractivity contribution in [1.29, 1.82) is 0 Å². The average Bonchev–Trinajstić information content (AvgIpc) is 1.48. The smallest absolute Gasteiger partial charge is 0.344 e. The van der Waals surface area contributed by atoms with Crippen LogP contribution in [0.25, 0.3) is 0 Å². The van der Waals surface area contributed by atoms with E-state index in [0.717, 1.165) is 108 Å². The van der Waals surface area contributed by atoms with Crippen molar-refractivity contribution in [3.63, 3.8) is 0 Å². The molecule has 624 valence electrons. The number of unbranched alkanes of at least 4 members (excludes halogenated alkanes) is 1. The van der Waals surface area contributed by atoms with E-state index in [9.17, 15) is 51.9 Å². The fraction of sp³-hybridized carbons (Fsp3) is 0.909. The molecular formula is C88H146O20S. The van der Waals surface area contributed by atoms with Gasteiger partial charge in [-0.15, -0.1) is 0 Å². The second-order valence-electron chi connectivity index (χ2n) is 40.5. The third-order valence-corrected chi connectivity index (χ3v) is 31.5. The number of aliphatic hydroxyl groups is 1. The zero-order chi connectivity index (χ0) is 81.4. The van der Waals surface area contributed by atoms with Gasteiger partial charge in [0.05, 0.1) is 55.9 Å². The highest BCUT2D eigenvalue weighted by Crippen LogP contribution is 2.64. The summed E-state index contributed by atoms with van der Waals surface area (Å²) in [7, 11) is -3.53. The number of esters is 8. The van der Waals surface area contributed by atoms with Crippen LogP contribution in [0.4, 0.5) is 0 Å². The van der Waals surface area contributed by atoms with Gasteiger partial charge in [0.25, 0.3) is 10.1 Å². The molecule has 2 heterocycles. The van der Waals surface area contributed by atoms with Gasteiger partial charge in [-0.3, -0.25) is 37.7 Å². The maximum absolute atomic E-state index is 12.8. The van der Waals surface area contributed by atoms with E-state index in [1.807, 2.05) is 104 Å². The van der Waals surface area contributed by atoms with Gasteiger partial charge in [0, 0.05) is 30.1 Å². The van der Waals surface area contributed by atoms with Crippen molar-refractivity contribution in [3.8, 4) is 0 Å². The van der Waals surface area contributed by atoms with Crippen molar-refractivity contribution in [2.75, 3.05) is 13.2 Å². The first-order valence-electron chi connectivity index (χ1n) is 42.8. The number of carbonyl (C=O) groups is 8. The van der Waals surface area contributed by atoms with Crippen molar-refractivity contribution in [2.24, 2.45) is 109 Å². The molecule has 0 aromatic carbocycles. The third-order valence-electron chi connectivity index (χ3n) is 29.7. The van der Waals surface area contributed by atoms with Crippen LogP contribution in [-0.2, 0) is 90.6 Å². The van der Waals surface area contributed by atoms with E-state index < -0.39 is 68.0 Å². The number of carbonyl (C=O) groups excluding carboxylic acids is 8. The zero-order valence-electron chi connectivity index (χ0n) is 71.5. The first-order chi connectivity index (χ1) is 50.5. The van der Waals surface area contributed by atoms with Crippen LogP contribution in [0.1, 0.15) is 333 Å². The maximum atomic E-state index is 12.8. The molecule has 12 atom stereocenters. The Labute approximate surface area is 655 Å². The van der Waals surface area contributed by atoms with Crippen molar-refractivity contribution in [1.82, 2.24) is 0 Å². The zero-order valence-corrected chi connectivity index (χ0v) is 72.3. The summed E-state index contributed by atoms with van der Waals surface area (Å²) in [5.74, 6) is 4.17. The number of hydrogen-bond donors (Lipinski definition) is 1. The highest BCUT2D eigenvalue weighted by molar-refractivity contribution is 7.87. The van der Waals surface area contributed by atoms with Crippen LogP contribution in [0, 0.1) is 109 Å². The molecule has 0 aromatic rings. The van der Waals surface area contributed by atoms with Crippen LogP contribution in [0.5, 0.6) is 0 Å². The molecular weight excluding hydrogens is 1410 g/mol. The lowest BCUT2D eigenvalue weighted by atomic mass is 9.47. The molecule has 12 unspecified atom stereocenters. The predicted molar refractivity (Wildman–Crippen MR) is 416 cm³/mol. The largest absolute Gasteiger partial charge is 0.465 e. The van der Waals surface area contributed by atoms with Crippen LogP contribution < -0.4 is 0 Å². The Morgan fingerprint density at radius 2 is 0.936 bits per heavy atom. The van der Waals surface area contributed by atoms with E-state index in [-0.39, 0.29) is 98.8 Å². The fourth-order valence-corrected chi connectivity index (χ4v) is 22.3. The van der Waals surface area contributed by atoms with Gasteiger partial charge in [-0.1, -0.05) is 82.6 Å². The van der Waals surface area contributed by atoms with Gasteiger partial charge in [0.15, 0.2) is 6.61 Å². The minimum absolute atomic E-state index is 0.0130. The molecule has 15 rings (SSSR count). The lowest BCUT2D eigenvalue weighted by Gasteiger charge is -2.62. The van der Waals surface area contributed by atoms with Crippen molar-refractivity contribution in [2.45, 2.75) is 385 Å². The Hall–Kier alpha value is -4.37. The minimum Gasteiger partial charge on any atom is -0.465 e. The van der Waals surface area contributed by atoms with Gasteiger partial charge in [-0.05, 0) is 291 Å². The van der Waals surface area contributed by atoms with E-state index in [4.69, 9.17) is 42.1 Å². The molecule has 2 aliphatic heterocycles. The molecule has 0 spiro atoms. The highest BCUT2D eigenvalue weighted by atomic mass is 32.2. The monoisotopic (exact) mass is 1560 g/mol. The topological polar surface area (TPSA) is 274 Å². The predicted octanol–water partition coefficient (Wildman–Crippen LogP) is 17.5. The highest BCUT2D eigenvalue weighted by Gasteiger charge is 2.67. The summed E-state index contributed by atoms with van der Waals surface area (Å²) in [6, 6.07) is 0. The molecule has 13 aliphatic carbocycles. The molecule has 0 aromatic heterocycles. The van der Waals surface area contributed by atoms with E-state index in [0.29, 0.717) is 79.6 Å². The Kier molecular flexibility index (Phi) is 28.6. The van der Waals surface area contributed by atoms with Gasteiger partial charge in [-0.2, -0.15) is 8.42 Å². The molecule has 13 saturated carbocycles. The quantitative estimate of drug-likeness (QED) is 0.0407. The summed E-state index contributed by atoms with van der Waals surface area (Å²) in [4.78, 5) is 96.2. The Balaban J connectivity index is 0.000000166. The molecule has 0 amide bonds. The van der Waals surface area contributed by atoms with Crippen molar-refractivity contribution in [3.05, 3.63) is 0 Å². The summed E-state index contributed by atoms with van der Waals surface area (Å²) in [5.41, 5.74) is -3.78. The maximum Gasteiger partial charge on any atom is 0.344 e. The van der Waals surface area contributed by atoms with Crippen molar-refractivity contribution < 1.29 is 94.0 Å². The number of ether oxygens (including phenoxy) is 8. The minimum atomic E-state index is -3.53. The molecule has 20 nitrogen and oxygen atoms in total. The van der Waals surface area contributed by atoms with Crippen LogP contribution in [0.3, 0.4) is 0 Å². The Morgan fingerprint density at radius 1 is 0.495 bits per heavy atom. The van der Waals surface area contributed by atoms with Crippen LogP contribution >= 0.6 is 0 Å². The van der Waals surface area contributed by atoms with Gasteiger partial charge in [0.2, 0.25) is 0 Å². The summed E-state index contributed by atoms with van der Waals surface area (Å²) in [6.07, 6.45) is 24.9. The SMILES string of the molecule is CCC(C)(C)C(=O)OC1(C(C)C)C2CC3CC(C2)CC1C3.CCC(C)(C)C(=O)OC1(C(C)C)CCCC1.CCC(C)(C)C(=O)OC12CC3CC(CC(O)(C3)C1)C2.CCC(C)(C)C(=O)OC1C2CC3C(=O)OC1C3C2.CCC(C)(C)C(=O)OCC(=O)OC1C2CC3C1OS(=O)(=O)C3C2.CCCCOC(=O)C(C)(C)CC. The molecule has 2 saturated heterocycles. The standard InChI is InChI=1S/C19H32O2.C16H26O3.C15H22O7S.C14H20O4.C14H26O2.C10H20O2/c1-6-18(4,5)17(20)21-19(12(2)3)15-8-13-7-14(10-15)11-16(19)9-13;1-4-14(2,3)13(17)19-16-8-11-5-12(9-16)7-15(18,6-11)10-16;1-4-15(2,3)14(17)20-7-11(16)21-12-8-5-9-10(6-8)23(18,19)22-13(9)12;1-4-14(2,3)13(16)18-10-7-5-8-9(6-7)12(15)17-11(8)10;1-6-13(4,5)12(15)16-14(11(2)3)9-7-8-10-14;1-5-7-8-12-9(11)10(3,4)6-2/h12-16H,6-11H2,1-5H3;11-12,18H,4-10H2,1-3H3;8-10,12-13H,4-7H2,1-3H3;7-11H,4-6H2,1-3H3;11H,6-10H2,1-5H3;5-8H2,1-4H3. The normalized spacial score (nSPS) is 34.5. The lowest BCUT2D eigenvalue weighted by Crippen LogP contribution is -2.63. The Bertz CT molecular complexity index is 3270. The molecule has 109 heavy (non-hydrogen) atoms. The summed E-state index contributed by atoms with van der Waals surface area (Å²) in [5, 5.41) is 10.2. The Morgan fingerprint density at radius 3 is 1.41 bits per heavy atom. The second kappa shape index (κ2) is 34.6. The molecule has 15 aliphatic rings. The van der Waals surface area contributed by atoms with Crippen LogP contribution in [0.15, 0.2) is 0 Å². The van der Waals surface area contributed by atoms with E-state index in [1.54, 1.807) is 13.8 Å². The summed E-state index contributed by atoms with van der Waals surface area (Å²) < 4.78 is 73.5. The number of hydrogen-bond acceptors (Lipinski definition) is 20. The van der Waals surface area contributed by atoms with Gasteiger partial charge >= 0.3 is 47.8 Å². The second-order valence-corrected chi connectivity index (χ2v) is 42.3. The fourth-order valence-electron chi connectivity index (χ4n) is 20.4. The van der Waals surface area contributed by atoms with E-state index in [2.05, 4.69) is 41.5 Å². The van der Waals surface area contributed by atoms with Crippen LogP contribution in [0.2, 0.25) is 0 Å². The summed E-state index contributed by atoms with van der Waals surface area (Å²) >= 11 is 0. The molecule has 21 heteroatoms. The molecule has 0 radical (unpaired) electrons. The molecule has 15 fully saturated rings. The van der Waals surface area contributed by atoms with Crippen LogP contribution in [-0.4, -0.2) is 127 Å². The van der Waals surface area contributed by atoms with Gasteiger partial charge < -0.3 is 43.0 Å². The van der Waals surface area contributed by atoms with Gasteiger partial charge in [0.1, 0.15) is 41.2 Å². The molecule has 1 N–H and O–H groups in total. The van der Waals surface area contributed by atoms with Gasteiger partial charge in [-0.25, -0.2) is 4.79 Å². The van der Waals surface area contributed by atoms with Crippen molar-refractivity contribution >= 4 is 57.9 Å². The first-order valence-corrected chi connectivity index (χ1v) is 44.3.